The van der Waals surface area contributed by atoms with Crippen LogP contribution in [0, 0.1) is 24.1 Å². The molecule has 106 valence electrons. The van der Waals surface area contributed by atoms with Crippen LogP contribution in [0.25, 0.3) is 0 Å². The number of anilines is 1. The Morgan fingerprint density at radius 3 is 2.86 bits per heavy atom. The number of benzene rings is 1. The van der Waals surface area contributed by atoms with Gasteiger partial charge < -0.3 is 15.8 Å². The van der Waals surface area contributed by atoms with E-state index in [1.165, 1.54) is 6.20 Å². The third kappa shape index (κ3) is 3.45. The van der Waals surface area contributed by atoms with Gasteiger partial charge in [-0.1, -0.05) is 6.07 Å². The Labute approximate surface area is 120 Å². The van der Waals surface area contributed by atoms with Gasteiger partial charge in [0.05, 0.1) is 6.20 Å². The molecule has 3 N–H and O–H groups in total. The topological polar surface area (TPSA) is 101 Å². The molecule has 7 heteroatoms. The molecule has 0 spiro atoms. The monoisotopic (exact) mass is 286 g/mol. The minimum absolute atomic E-state index is 0.144. The molecule has 0 atom stereocenters. The first-order chi connectivity index (χ1) is 9.99. The van der Waals surface area contributed by atoms with Crippen LogP contribution in [-0.2, 0) is 0 Å². The van der Waals surface area contributed by atoms with Crippen molar-refractivity contribution in [3.05, 3.63) is 47.5 Å². The molecule has 0 aliphatic heterocycles. The van der Waals surface area contributed by atoms with Crippen LogP contribution in [0.1, 0.15) is 11.3 Å². The maximum atomic E-state index is 13.5. The Kier molecular flexibility index (Phi) is 4.00. The van der Waals surface area contributed by atoms with Crippen LogP contribution < -0.4 is 15.8 Å². The molecule has 0 unspecified atom stereocenters. The zero-order chi connectivity index (χ0) is 15.4. The number of hydrogen-bond donors (Lipinski definition) is 2. The van der Waals surface area contributed by atoms with Gasteiger partial charge in [-0.3, -0.25) is 0 Å². The summed E-state index contributed by atoms with van der Waals surface area (Å²) in [6.45, 7) is 1.79. The van der Waals surface area contributed by atoms with Crippen LogP contribution in [0.3, 0.4) is 0 Å². The normalized spacial score (nSPS) is 9.76. The molecule has 2 amide bonds. The molecule has 0 saturated heterocycles. The third-order valence-corrected chi connectivity index (χ3v) is 2.61. The molecule has 2 aromatic rings. The van der Waals surface area contributed by atoms with E-state index in [1.54, 1.807) is 31.2 Å². The predicted molar refractivity (Wildman–Crippen MR) is 73.4 cm³/mol. The van der Waals surface area contributed by atoms with Gasteiger partial charge in [-0.25, -0.2) is 14.2 Å². The van der Waals surface area contributed by atoms with Gasteiger partial charge in [-0.2, -0.15) is 5.26 Å². The highest BCUT2D eigenvalue weighted by Gasteiger charge is 2.08. The Balaban J connectivity index is 2.28. The first-order valence-electron chi connectivity index (χ1n) is 5.90. The van der Waals surface area contributed by atoms with E-state index in [-0.39, 0.29) is 11.4 Å². The fraction of sp³-hybridized carbons (Fsp3) is 0.0714. The Bertz CT molecular complexity index is 740. The number of pyridine rings is 1. The van der Waals surface area contributed by atoms with Gasteiger partial charge >= 0.3 is 6.03 Å². The number of aryl methyl sites for hydroxylation is 1. The number of hydrogen-bond acceptors (Lipinski definition) is 4. The SMILES string of the molecule is Cc1ccc(NC(N)=O)cc1Oc1cnc(C#N)c(F)c1. The highest BCUT2D eigenvalue weighted by molar-refractivity contribution is 5.88. The van der Waals surface area contributed by atoms with Gasteiger partial charge in [0.1, 0.15) is 17.6 Å². The summed E-state index contributed by atoms with van der Waals surface area (Å²) in [6.07, 6.45) is 1.25. The largest absolute Gasteiger partial charge is 0.455 e. The molecule has 21 heavy (non-hydrogen) atoms. The van der Waals surface area contributed by atoms with E-state index in [0.29, 0.717) is 11.4 Å². The van der Waals surface area contributed by atoms with E-state index in [9.17, 15) is 9.18 Å². The molecule has 0 bridgehead atoms. The van der Waals surface area contributed by atoms with Gasteiger partial charge in [-0.15, -0.1) is 0 Å². The van der Waals surface area contributed by atoms with E-state index in [4.69, 9.17) is 15.7 Å². The number of rotatable bonds is 3. The molecule has 0 aliphatic rings. The minimum atomic E-state index is -0.765. The van der Waals surface area contributed by atoms with Crippen LogP contribution in [0.4, 0.5) is 14.9 Å². The summed E-state index contributed by atoms with van der Waals surface area (Å²) in [4.78, 5) is 14.5. The van der Waals surface area contributed by atoms with Crippen molar-refractivity contribution in [1.82, 2.24) is 4.98 Å². The van der Waals surface area contributed by atoms with E-state index in [0.717, 1.165) is 11.6 Å². The van der Waals surface area contributed by atoms with Crippen LogP contribution in [0.2, 0.25) is 0 Å². The number of amides is 2. The second-order valence-electron chi connectivity index (χ2n) is 4.18. The van der Waals surface area contributed by atoms with Crippen molar-refractivity contribution in [3.8, 4) is 17.6 Å². The quantitative estimate of drug-likeness (QED) is 0.905. The maximum Gasteiger partial charge on any atom is 0.316 e. The average Bonchev–Trinajstić information content (AvgIpc) is 2.42. The number of carbonyl (C=O) groups is 1. The number of nitrogens with one attached hydrogen (secondary N) is 1. The fourth-order valence-electron chi connectivity index (χ4n) is 1.62. The van der Waals surface area contributed by atoms with Crippen molar-refractivity contribution in [2.45, 2.75) is 6.92 Å². The number of ether oxygens (including phenoxy) is 1. The molecule has 1 aromatic heterocycles. The number of nitriles is 1. The van der Waals surface area contributed by atoms with Crippen molar-refractivity contribution >= 4 is 11.7 Å². The number of urea groups is 1. The molecular weight excluding hydrogens is 275 g/mol. The van der Waals surface area contributed by atoms with E-state index in [1.807, 2.05) is 0 Å². The maximum absolute atomic E-state index is 13.5. The molecular formula is C14H11FN4O2. The minimum Gasteiger partial charge on any atom is -0.455 e. The van der Waals surface area contributed by atoms with Gasteiger partial charge in [0.25, 0.3) is 0 Å². The average molecular weight is 286 g/mol. The molecule has 1 aromatic carbocycles. The van der Waals surface area contributed by atoms with Crippen LogP contribution in [0.15, 0.2) is 30.5 Å². The van der Waals surface area contributed by atoms with Gasteiger partial charge in [0.2, 0.25) is 0 Å². The summed E-state index contributed by atoms with van der Waals surface area (Å²) < 4.78 is 19.0. The van der Waals surface area contributed by atoms with Crippen LogP contribution in [0.5, 0.6) is 11.5 Å². The van der Waals surface area contributed by atoms with Crippen molar-refractivity contribution in [2.24, 2.45) is 5.73 Å². The van der Waals surface area contributed by atoms with Crippen molar-refractivity contribution in [2.75, 3.05) is 5.32 Å². The van der Waals surface area contributed by atoms with E-state index < -0.39 is 11.8 Å². The summed E-state index contributed by atoms with van der Waals surface area (Å²) in [6, 6.07) is 6.92. The fourth-order valence-corrected chi connectivity index (χ4v) is 1.62. The van der Waals surface area contributed by atoms with Gasteiger partial charge in [-0.05, 0) is 18.6 Å². The zero-order valence-corrected chi connectivity index (χ0v) is 11.1. The predicted octanol–water partition coefficient (Wildman–Crippen LogP) is 2.68. The lowest BCUT2D eigenvalue weighted by atomic mass is 10.2. The third-order valence-electron chi connectivity index (χ3n) is 2.61. The molecule has 0 fully saturated rings. The lowest BCUT2D eigenvalue weighted by molar-refractivity contribution is 0.259. The van der Waals surface area contributed by atoms with E-state index >= 15 is 0 Å². The smallest absolute Gasteiger partial charge is 0.316 e. The van der Waals surface area contributed by atoms with Crippen molar-refractivity contribution in [3.63, 3.8) is 0 Å². The molecule has 0 radical (unpaired) electrons. The number of nitrogens with two attached hydrogens (primary N) is 1. The molecule has 0 aliphatic carbocycles. The second-order valence-corrected chi connectivity index (χ2v) is 4.18. The number of carbonyl (C=O) groups excluding carboxylic acids is 1. The molecule has 2 rings (SSSR count). The summed E-state index contributed by atoms with van der Waals surface area (Å²) in [7, 11) is 0. The summed E-state index contributed by atoms with van der Waals surface area (Å²) in [5.41, 5.74) is 5.96. The summed E-state index contributed by atoms with van der Waals surface area (Å²) in [5, 5.41) is 11.0. The Morgan fingerprint density at radius 1 is 1.48 bits per heavy atom. The van der Waals surface area contributed by atoms with Crippen molar-refractivity contribution in [1.29, 1.82) is 5.26 Å². The highest BCUT2D eigenvalue weighted by atomic mass is 19.1. The Hall–Kier alpha value is -3.14. The first-order valence-corrected chi connectivity index (χ1v) is 5.90. The molecule has 6 nitrogen and oxygen atoms in total. The second kappa shape index (κ2) is 5.88. The molecule has 0 saturated carbocycles. The number of nitrogens with zero attached hydrogens (tertiary/aromatic N) is 2. The van der Waals surface area contributed by atoms with E-state index in [2.05, 4.69) is 10.3 Å². The van der Waals surface area contributed by atoms with Crippen LogP contribution in [-0.4, -0.2) is 11.0 Å². The van der Waals surface area contributed by atoms with Gasteiger partial charge in [0, 0.05) is 17.8 Å². The Morgan fingerprint density at radius 2 is 2.24 bits per heavy atom. The lowest BCUT2D eigenvalue weighted by Gasteiger charge is -2.10. The summed E-state index contributed by atoms with van der Waals surface area (Å²) in [5.74, 6) is -0.211. The standard InChI is InChI=1S/C14H11FN4O2/c1-8-2-3-9(19-14(17)20)4-13(8)21-10-5-11(15)12(6-16)18-7-10/h2-5,7H,1H3,(H3,17,19,20). The number of aromatic nitrogens is 1. The van der Waals surface area contributed by atoms with Crippen molar-refractivity contribution < 1.29 is 13.9 Å². The first kappa shape index (κ1) is 14.3. The van der Waals surface area contributed by atoms with Gasteiger partial charge in [0.15, 0.2) is 11.5 Å². The summed E-state index contributed by atoms with van der Waals surface area (Å²) >= 11 is 0. The highest BCUT2D eigenvalue weighted by Crippen LogP contribution is 2.28. The molecule has 1 heterocycles. The number of primary amides is 1. The lowest BCUT2D eigenvalue weighted by Crippen LogP contribution is -2.19. The van der Waals surface area contributed by atoms with Crippen LogP contribution >= 0.6 is 0 Å². The number of halogens is 1. The zero-order valence-electron chi connectivity index (χ0n) is 11.1.